The van der Waals surface area contributed by atoms with Crippen LogP contribution in [0.2, 0.25) is 0 Å². The number of hydrogen-bond donors (Lipinski definition) is 2. The molecule has 2 fully saturated rings. The highest BCUT2D eigenvalue weighted by Gasteiger charge is 2.31. The molecular formula is C14H21N5O. The van der Waals surface area contributed by atoms with E-state index in [2.05, 4.69) is 19.9 Å². The van der Waals surface area contributed by atoms with Crippen molar-refractivity contribution in [3.05, 3.63) is 23.9 Å². The Balaban J connectivity index is 1.77. The van der Waals surface area contributed by atoms with E-state index in [1.165, 1.54) is 25.9 Å². The molecule has 108 valence electrons. The van der Waals surface area contributed by atoms with Crippen molar-refractivity contribution in [1.29, 1.82) is 0 Å². The maximum absolute atomic E-state index is 8.89. The molecular weight excluding hydrogens is 254 g/mol. The van der Waals surface area contributed by atoms with Crippen LogP contribution in [-0.4, -0.2) is 53.1 Å². The molecule has 1 atom stereocenters. The van der Waals surface area contributed by atoms with Crippen LogP contribution < -0.4 is 10.6 Å². The van der Waals surface area contributed by atoms with E-state index in [9.17, 15) is 0 Å². The van der Waals surface area contributed by atoms with Crippen LogP contribution in [0.15, 0.2) is 23.5 Å². The van der Waals surface area contributed by atoms with Gasteiger partial charge in [0.15, 0.2) is 5.84 Å². The lowest BCUT2D eigenvalue weighted by molar-refractivity contribution is 0.260. The molecule has 0 amide bonds. The highest BCUT2D eigenvalue weighted by atomic mass is 16.4. The van der Waals surface area contributed by atoms with E-state index < -0.39 is 0 Å². The summed E-state index contributed by atoms with van der Waals surface area (Å²) in [5, 5.41) is 12.0. The number of hydrogen-bond acceptors (Lipinski definition) is 5. The van der Waals surface area contributed by atoms with E-state index in [-0.39, 0.29) is 5.84 Å². The molecule has 3 N–H and O–H groups in total. The molecule has 0 bridgehead atoms. The Morgan fingerprint density at radius 3 is 2.90 bits per heavy atom. The van der Waals surface area contributed by atoms with Crippen LogP contribution in [0.4, 0.5) is 5.82 Å². The van der Waals surface area contributed by atoms with Gasteiger partial charge in [-0.25, -0.2) is 4.98 Å². The topological polar surface area (TPSA) is 78.0 Å². The SMILES string of the molecule is N/C(=N/O)c1cccnc1N1CCC(N2CCCC2)C1. The minimum Gasteiger partial charge on any atom is -0.409 e. The molecule has 0 spiro atoms. The standard InChI is InChI=1S/C14H21N5O/c15-13(17-20)12-4-3-6-16-14(12)19-9-5-11(10-19)18-7-1-2-8-18/h3-4,6,11,20H,1-2,5,7-10H2,(H2,15,17). The molecule has 2 aliphatic rings. The lowest BCUT2D eigenvalue weighted by Gasteiger charge is -2.24. The fourth-order valence-electron chi connectivity index (χ4n) is 3.24. The summed E-state index contributed by atoms with van der Waals surface area (Å²) < 4.78 is 0. The normalized spacial score (nSPS) is 24.5. The van der Waals surface area contributed by atoms with Crippen LogP contribution >= 0.6 is 0 Å². The number of anilines is 1. The van der Waals surface area contributed by atoms with Crippen molar-refractivity contribution in [2.45, 2.75) is 25.3 Å². The second-order valence-electron chi connectivity index (χ2n) is 5.49. The number of rotatable bonds is 3. The van der Waals surface area contributed by atoms with E-state index >= 15 is 0 Å². The van der Waals surface area contributed by atoms with Gasteiger partial charge in [0.1, 0.15) is 5.82 Å². The van der Waals surface area contributed by atoms with Crippen molar-refractivity contribution < 1.29 is 5.21 Å². The second-order valence-corrected chi connectivity index (χ2v) is 5.49. The van der Waals surface area contributed by atoms with Crippen molar-refractivity contribution in [3.63, 3.8) is 0 Å². The van der Waals surface area contributed by atoms with Gasteiger partial charge in [-0.2, -0.15) is 0 Å². The summed E-state index contributed by atoms with van der Waals surface area (Å²) in [7, 11) is 0. The molecule has 1 aromatic heterocycles. The quantitative estimate of drug-likeness (QED) is 0.370. The summed E-state index contributed by atoms with van der Waals surface area (Å²) >= 11 is 0. The van der Waals surface area contributed by atoms with Gasteiger partial charge >= 0.3 is 0 Å². The Labute approximate surface area is 118 Å². The first-order chi connectivity index (χ1) is 9.79. The fourth-order valence-corrected chi connectivity index (χ4v) is 3.24. The third-order valence-electron chi connectivity index (χ3n) is 4.29. The van der Waals surface area contributed by atoms with Gasteiger partial charge in [-0.15, -0.1) is 0 Å². The Kier molecular flexibility index (Phi) is 3.73. The molecule has 6 nitrogen and oxygen atoms in total. The molecule has 0 aromatic carbocycles. The van der Waals surface area contributed by atoms with E-state index in [0.717, 1.165) is 25.3 Å². The van der Waals surface area contributed by atoms with Crippen LogP contribution in [-0.2, 0) is 0 Å². The first kappa shape index (κ1) is 13.2. The highest BCUT2D eigenvalue weighted by Crippen LogP contribution is 2.26. The van der Waals surface area contributed by atoms with Crippen LogP contribution in [0.5, 0.6) is 0 Å². The maximum atomic E-state index is 8.89. The summed E-state index contributed by atoms with van der Waals surface area (Å²) in [6.45, 7) is 4.38. The largest absolute Gasteiger partial charge is 0.409 e. The van der Waals surface area contributed by atoms with Gasteiger partial charge in [0.05, 0.1) is 5.56 Å². The molecule has 6 heteroatoms. The summed E-state index contributed by atoms with van der Waals surface area (Å²) in [6.07, 6.45) is 5.55. The number of aromatic nitrogens is 1. The van der Waals surface area contributed by atoms with E-state index in [4.69, 9.17) is 10.9 Å². The molecule has 1 unspecified atom stereocenters. The van der Waals surface area contributed by atoms with E-state index in [0.29, 0.717) is 11.6 Å². The minimum absolute atomic E-state index is 0.123. The van der Waals surface area contributed by atoms with Gasteiger partial charge in [-0.05, 0) is 44.5 Å². The highest BCUT2D eigenvalue weighted by molar-refractivity contribution is 6.01. The molecule has 0 radical (unpaired) electrons. The molecule has 0 aliphatic carbocycles. The van der Waals surface area contributed by atoms with Gasteiger partial charge < -0.3 is 15.8 Å². The predicted molar refractivity (Wildman–Crippen MR) is 78.2 cm³/mol. The third kappa shape index (κ3) is 2.43. The van der Waals surface area contributed by atoms with Crippen molar-refractivity contribution in [2.24, 2.45) is 10.9 Å². The number of oxime groups is 1. The van der Waals surface area contributed by atoms with Gasteiger partial charge in [-0.1, -0.05) is 5.16 Å². The number of likely N-dealkylation sites (tertiary alicyclic amines) is 1. The molecule has 3 rings (SSSR count). The first-order valence-corrected chi connectivity index (χ1v) is 7.21. The van der Waals surface area contributed by atoms with Crippen molar-refractivity contribution in [1.82, 2.24) is 9.88 Å². The van der Waals surface area contributed by atoms with Gasteiger partial charge in [-0.3, -0.25) is 4.90 Å². The predicted octanol–water partition coefficient (Wildman–Crippen LogP) is 0.851. The average Bonchev–Trinajstić information content (AvgIpc) is 3.17. The zero-order chi connectivity index (χ0) is 13.9. The lowest BCUT2D eigenvalue weighted by Crippen LogP contribution is -2.36. The monoisotopic (exact) mass is 275 g/mol. The minimum atomic E-state index is 0.123. The lowest BCUT2D eigenvalue weighted by atomic mass is 10.2. The number of nitrogens with two attached hydrogens (primary N) is 1. The summed E-state index contributed by atoms with van der Waals surface area (Å²) in [5.74, 6) is 0.946. The summed E-state index contributed by atoms with van der Waals surface area (Å²) in [6, 6.07) is 4.27. The molecule has 1 aromatic rings. The Hall–Kier alpha value is -1.82. The molecule has 0 saturated carbocycles. The van der Waals surface area contributed by atoms with Crippen molar-refractivity contribution >= 4 is 11.7 Å². The van der Waals surface area contributed by atoms with Gasteiger partial charge in [0, 0.05) is 25.3 Å². The summed E-state index contributed by atoms with van der Waals surface area (Å²) in [5.41, 5.74) is 6.45. The zero-order valence-corrected chi connectivity index (χ0v) is 11.6. The molecule has 3 heterocycles. The molecule has 2 aliphatic heterocycles. The Morgan fingerprint density at radius 1 is 1.35 bits per heavy atom. The fraction of sp³-hybridized carbons (Fsp3) is 0.571. The Bertz CT molecular complexity index is 498. The number of nitrogens with zero attached hydrogens (tertiary/aromatic N) is 4. The van der Waals surface area contributed by atoms with Crippen LogP contribution in [0.3, 0.4) is 0 Å². The molecule has 20 heavy (non-hydrogen) atoms. The van der Waals surface area contributed by atoms with Crippen LogP contribution in [0, 0.1) is 0 Å². The van der Waals surface area contributed by atoms with Gasteiger partial charge in [0.25, 0.3) is 0 Å². The summed E-state index contributed by atoms with van der Waals surface area (Å²) in [4.78, 5) is 9.25. The van der Waals surface area contributed by atoms with Crippen LogP contribution in [0.1, 0.15) is 24.8 Å². The number of amidine groups is 1. The first-order valence-electron chi connectivity index (χ1n) is 7.21. The Morgan fingerprint density at radius 2 is 2.15 bits per heavy atom. The molecule has 2 saturated heterocycles. The van der Waals surface area contributed by atoms with E-state index in [1.54, 1.807) is 6.20 Å². The van der Waals surface area contributed by atoms with Gasteiger partial charge in [0.2, 0.25) is 0 Å². The van der Waals surface area contributed by atoms with Crippen molar-refractivity contribution in [3.8, 4) is 0 Å². The second kappa shape index (κ2) is 5.66. The zero-order valence-electron chi connectivity index (χ0n) is 11.6. The maximum Gasteiger partial charge on any atom is 0.173 e. The van der Waals surface area contributed by atoms with Crippen molar-refractivity contribution in [2.75, 3.05) is 31.1 Å². The average molecular weight is 275 g/mol. The van der Waals surface area contributed by atoms with Crippen LogP contribution in [0.25, 0.3) is 0 Å². The van der Waals surface area contributed by atoms with E-state index in [1.807, 2.05) is 12.1 Å². The number of pyridine rings is 1. The smallest absolute Gasteiger partial charge is 0.173 e. The third-order valence-corrected chi connectivity index (χ3v) is 4.29.